The molecule has 0 unspecified atom stereocenters. The molecular weight excluding hydrogens is 286 g/mol. The summed E-state index contributed by atoms with van der Waals surface area (Å²) in [6.07, 6.45) is 1.00. The number of amides is 1. The molecule has 0 radical (unpaired) electrons. The first kappa shape index (κ1) is 15.4. The Labute approximate surface area is 129 Å². The van der Waals surface area contributed by atoms with Crippen LogP contribution < -0.4 is 0 Å². The van der Waals surface area contributed by atoms with Crippen molar-refractivity contribution in [2.24, 2.45) is 0 Å². The van der Waals surface area contributed by atoms with Crippen LogP contribution >= 0.6 is 11.6 Å². The molecule has 0 fully saturated rings. The van der Waals surface area contributed by atoms with E-state index in [4.69, 9.17) is 11.6 Å². The zero-order chi connectivity index (χ0) is 15.4. The van der Waals surface area contributed by atoms with Crippen molar-refractivity contribution >= 4 is 17.5 Å². The van der Waals surface area contributed by atoms with E-state index in [1.165, 1.54) is 17.7 Å². The van der Waals surface area contributed by atoms with E-state index in [1.54, 1.807) is 18.0 Å². The highest BCUT2D eigenvalue weighted by molar-refractivity contribution is 6.32. The summed E-state index contributed by atoms with van der Waals surface area (Å²) in [5.41, 5.74) is 2.82. The van der Waals surface area contributed by atoms with E-state index in [1.807, 2.05) is 12.1 Å². The van der Waals surface area contributed by atoms with Crippen LogP contribution in [0.1, 0.15) is 28.4 Å². The summed E-state index contributed by atoms with van der Waals surface area (Å²) in [7, 11) is 1.75. The third-order valence-corrected chi connectivity index (χ3v) is 3.70. The Kier molecular flexibility index (Phi) is 4.86. The average molecular weight is 304 g/mol. The summed E-state index contributed by atoms with van der Waals surface area (Å²) < 4.78 is 0. The van der Waals surface area contributed by atoms with Gasteiger partial charge < -0.3 is 10.0 Å². The number of halogens is 1. The molecule has 1 amide bonds. The minimum Gasteiger partial charge on any atom is -0.506 e. The molecule has 0 atom stereocenters. The molecule has 0 aliphatic heterocycles. The number of hydrogen-bond acceptors (Lipinski definition) is 2. The maximum Gasteiger partial charge on any atom is 0.253 e. The summed E-state index contributed by atoms with van der Waals surface area (Å²) in [6, 6.07) is 12.7. The van der Waals surface area contributed by atoms with Gasteiger partial charge in [0.1, 0.15) is 5.75 Å². The van der Waals surface area contributed by atoms with Crippen LogP contribution in [0.4, 0.5) is 0 Å². The van der Waals surface area contributed by atoms with Crippen LogP contribution in [-0.4, -0.2) is 23.0 Å². The summed E-state index contributed by atoms with van der Waals surface area (Å²) in [5.74, 6) is -0.150. The quantitative estimate of drug-likeness (QED) is 0.931. The standard InChI is InChI=1S/C17H18ClNO2/c1-3-12-4-6-13(7-5-12)11-19(2)17(21)14-8-9-16(20)15(18)10-14/h4-10,20H,3,11H2,1-2H3. The van der Waals surface area contributed by atoms with Gasteiger partial charge in [-0.25, -0.2) is 0 Å². The fourth-order valence-electron chi connectivity index (χ4n) is 2.09. The topological polar surface area (TPSA) is 40.5 Å². The summed E-state index contributed by atoms with van der Waals surface area (Å²) in [5, 5.41) is 9.57. The van der Waals surface area contributed by atoms with Crippen LogP contribution in [0.2, 0.25) is 5.02 Å². The van der Waals surface area contributed by atoms with Crippen molar-refractivity contribution in [1.82, 2.24) is 4.90 Å². The first-order valence-corrected chi connectivity index (χ1v) is 7.21. The zero-order valence-corrected chi connectivity index (χ0v) is 12.9. The highest BCUT2D eigenvalue weighted by atomic mass is 35.5. The number of aromatic hydroxyl groups is 1. The average Bonchev–Trinajstić information content (AvgIpc) is 2.50. The van der Waals surface area contributed by atoms with Crippen LogP contribution in [0.15, 0.2) is 42.5 Å². The van der Waals surface area contributed by atoms with Gasteiger partial charge in [0.15, 0.2) is 0 Å². The third kappa shape index (κ3) is 3.76. The smallest absolute Gasteiger partial charge is 0.253 e. The Bertz CT molecular complexity index is 638. The Morgan fingerprint density at radius 2 is 1.76 bits per heavy atom. The summed E-state index contributed by atoms with van der Waals surface area (Å²) in [4.78, 5) is 13.9. The molecule has 0 aromatic heterocycles. The summed E-state index contributed by atoms with van der Waals surface area (Å²) in [6.45, 7) is 2.64. The lowest BCUT2D eigenvalue weighted by molar-refractivity contribution is 0.0785. The lowest BCUT2D eigenvalue weighted by atomic mass is 10.1. The number of rotatable bonds is 4. The highest BCUT2D eigenvalue weighted by Crippen LogP contribution is 2.24. The number of carbonyl (C=O) groups is 1. The Morgan fingerprint density at radius 3 is 2.33 bits per heavy atom. The van der Waals surface area contributed by atoms with Crippen molar-refractivity contribution < 1.29 is 9.90 Å². The number of carbonyl (C=O) groups excluding carboxylic acids is 1. The Morgan fingerprint density at radius 1 is 1.14 bits per heavy atom. The highest BCUT2D eigenvalue weighted by Gasteiger charge is 2.13. The minimum atomic E-state index is -0.128. The van der Waals surface area contributed by atoms with E-state index in [0.29, 0.717) is 12.1 Å². The fraction of sp³-hybridized carbons (Fsp3) is 0.235. The molecule has 0 saturated heterocycles. The van der Waals surface area contributed by atoms with E-state index in [9.17, 15) is 9.90 Å². The second kappa shape index (κ2) is 6.64. The van der Waals surface area contributed by atoms with Crippen LogP contribution in [0.3, 0.4) is 0 Å². The number of hydrogen-bond donors (Lipinski definition) is 1. The van der Waals surface area contributed by atoms with Gasteiger partial charge in [-0.1, -0.05) is 42.8 Å². The van der Waals surface area contributed by atoms with Crippen molar-refractivity contribution in [1.29, 1.82) is 0 Å². The third-order valence-electron chi connectivity index (χ3n) is 3.39. The normalized spacial score (nSPS) is 10.4. The van der Waals surface area contributed by atoms with Gasteiger partial charge in [0.05, 0.1) is 5.02 Å². The second-order valence-electron chi connectivity index (χ2n) is 5.00. The van der Waals surface area contributed by atoms with E-state index < -0.39 is 0 Å². The monoisotopic (exact) mass is 303 g/mol. The SMILES string of the molecule is CCc1ccc(CN(C)C(=O)c2ccc(O)c(Cl)c2)cc1. The first-order valence-electron chi connectivity index (χ1n) is 6.83. The van der Waals surface area contributed by atoms with E-state index in [-0.39, 0.29) is 16.7 Å². The molecule has 21 heavy (non-hydrogen) atoms. The molecule has 0 bridgehead atoms. The molecule has 0 aliphatic carbocycles. The number of phenols is 1. The molecular formula is C17H18ClNO2. The van der Waals surface area contributed by atoms with Gasteiger partial charge in [-0.05, 0) is 35.7 Å². The first-order chi connectivity index (χ1) is 10.0. The number of benzene rings is 2. The second-order valence-corrected chi connectivity index (χ2v) is 5.40. The predicted molar refractivity (Wildman–Crippen MR) is 84.7 cm³/mol. The van der Waals surface area contributed by atoms with Crippen molar-refractivity contribution in [3.05, 3.63) is 64.2 Å². The molecule has 3 nitrogen and oxygen atoms in total. The van der Waals surface area contributed by atoms with Gasteiger partial charge in [0, 0.05) is 19.2 Å². The lowest BCUT2D eigenvalue weighted by Gasteiger charge is -2.18. The fourth-order valence-corrected chi connectivity index (χ4v) is 2.27. The predicted octanol–water partition coefficient (Wildman–Crippen LogP) is 3.88. The molecule has 2 aromatic rings. The van der Waals surface area contributed by atoms with Crippen LogP contribution in [-0.2, 0) is 13.0 Å². The molecule has 4 heteroatoms. The Hall–Kier alpha value is -2.00. The molecule has 1 N–H and O–H groups in total. The molecule has 0 heterocycles. The van der Waals surface area contributed by atoms with Gasteiger partial charge in [-0.15, -0.1) is 0 Å². The largest absolute Gasteiger partial charge is 0.506 e. The van der Waals surface area contributed by atoms with E-state index >= 15 is 0 Å². The van der Waals surface area contributed by atoms with Crippen LogP contribution in [0.5, 0.6) is 5.75 Å². The maximum atomic E-state index is 12.3. The van der Waals surface area contributed by atoms with Gasteiger partial charge in [0.2, 0.25) is 0 Å². The van der Waals surface area contributed by atoms with Gasteiger partial charge in [0.25, 0.3) is 5.91 Å². The van der Waals surface area contributed by atoms with Crippen LogP contribution in [0, 0.1) is 0 Å². The molecule has 0 saturated carbocycles. The van der Waals surface area contributed by atoms with Crippen molar-refractivity contribution in [2.75, 3.05) is 7.05 Å². The van der Waals surface area contributed by atoms with Gasteiger partial charge in [-0.2, -0.15) is 0 Å². The van der Waals surface area contributed by atoms with E-state index in [2.05, 4.69) is 19.1 Å². The van der Waals surface area contributed by atoms with Crippen molar-refractivity contribution in [3.63, 3.8) is 0 Å². The zero-order valence-electron chi connectivity index (χ0n) is 12.1. The lowest BCUT2D eigenvalue weighted by Crippen LogP contribution is -2.26. The molecule has 110 valence electrons. The number of phenolic OH excluding ortho intramolecular Hbond substituents is 1. The molecule has 0 aliphatic rings. The minimum absolute atomic E-state index is 0.0222. The molecule has 0 spiro atoms. The molecule has 2 aromatic carbocycles. The van der Waals surface area contributed by atoms with Crippen LogP contribution in [0.25, 0.3) is 0 Å². The van der Waals surface area contributed by atoms with Gasteiger partial charge >= 0.3 is 0 Å². The van der Waals surface area contributed by atoms with Gasteiger partial charge in [-0.3, -0.25) is 4.79 Å². The number of aryl methyl sites for hydroxylation is 1. The number of nitrogens with zero attached hydrogens (tertiary/aromatic N) is 1. The van der Waals surface area contributed by atoms with Crippen molar-refractivity contribution in [2.45, 2.75) is 19.9 Å². The van der Waals surface area contributed by atoms with Crippen molar-refractivity contribution in [3.8, 4) is 5.75 Å². The maximum absolute atomic E-state index is 12.3. The Balaban J connectivity index is 2.09. The summed E-state index contributed by atoms with van der Waals surface area (Å²) >= 11 is 5.84. The molecule has 2 rings (SSSR count). The van der Waals surface area contributed by atoms with E-state index in [0.717, 1.165) is 12.0 Å².